The van der Waals surface area contributed by atoms with Crippen molar-refractivity contribution in [2.45, 2.75) is 64.2 Å². The Morgan fingerprint density at radius 3 is 2.21 bits per heavy atom. The minimum atomic E-state index is 0.0410. The third-order valence-electron chi connectivity index (χ3n) is 7.26. The molecule has 0 N–H and O–H groups in total. The molecule has 1 amide bonds. The van der Waals surface area contributed by atoms with Gasteiger partial charge in [0.1, 0.15) is 0 Å². The molecule has 0 unspecified atom stereocenters. The number of rotatable bonds is 2. The second kappa shape index (κ2) is 5.55. The maximum Gasteiger partial charge on any atom is 0.228 e. The number of carbonyl (C=O) groups excluding carboxylic acids is 1. The number of piperidine rings is 1. The van der Waals surface area contributed by atoms with Gasteiger partial charge < -0.3 is 4.90 Å². The van der Waals surface area contributed by atoms with Crippen LogP contribution in [0.3, 0.4) is 0 Å². The zero-order valence-electron chi connectivity index (χ0n) is 14.7. The van der Waals surface area contributed by atoms with Crippen LogP contribution in [0.25, 0.3) is 0 Å². The van der Waals surface area contributed by atoms with E-state index in [1.807, 2.05) is 0 Å². The molecule has 0 spiro atoms. The predicted molar refractivity (Wildman–Crippen MR) is 96.0 cm³/mol. The van der Waals surface area contributed by atoms with Crippen LogP contribution in [0.1, 0.15) is 68.0 Å². The first kappa shape index (κ1) is 15.4. The normalized spacial score (nSPS) is 38.7. The molecule has 1 aliphatic heterocycles. The average molecular weight is 345 g/mol. The van der Waals surface area contributed by atoms with Crippen molar-refractivity contribution >= 4 is 17.2 Å². The van der Waals surface area contributed by atoms with Crippen LogP contribution in [-0.2, 0) is 4.79 Å². The number of hydrogen-bond donors (Lipinski definition) is 0. The maximum absolute atomic E-state index is 13.4. The summed E-state index contributed by atoms with van der Waals surface area (Å²) in [4.78, 5) is 20.3. The van der Waals surface area contributed by atoms with Crippen LogP contribution in [0.5, 0.6) is 0 Å². The summed E-state index contributed by atoms with van der Waals surface area (Å²) in [6.07, 6.45) is 10.0. The van der Waals surface area contributed by atoms with E-state index >= 15 is 0 Å². The topological polar surface area (TPSA) is 33.2 Å². The highest BCUT2D eigenvalue weighted by Crippen LogP contribution is 2.60. The van der Waals surface area contributed by atoms with Crippen molar-refractivity contribution in [3.05, 3.63) is 16.1 Å². The Balaban J connectivity index is 1.27. The minimum Gasteiger partial charge on any atom is -0.342 e. The van der Waals surface area contributed by atoms with Gasteiger partial charge in [-0.05, 0) is 76.0 Å². The first-order chi connectivity index (χ1) is 11.6. The lowest BCUT2D eigenvalue weighted by Gasteiger charge is -2.57. The van der Waals surface area contributed by atoms with Crippen LogP contribution in [0.15, 0.2) is 5.38 Å². The predicted octanol–water partition coefficient (Wildman–Crippen LogP) is 4.37. The summed E-state index contributed by atoms with van der Waals surface area (Å²) in [5, 5.41) is 3.44. The Bertz CT molecular complexity index is 609. The van der Waals surface area contributed by atoms with Crippen LogP contribution < -0.4 is 0 Å². The molecule has 130 valence electrons. The first-order valence-electron chi connectivity index (χ1n) is 9.83. The van der Waals surface area contributed by atoms with Crippen molar-refractivity contribution in [2.75, 3.05) is 13.1 Å². The lowest BCUT2D eigenvalue weighted by atomic mass is 9.49. The van der Waals surface area contributed by atoms with Crippen molar-refractivity contribution in [3.63, 3.8) is 0 Å². The standard InChI is InChI=1S/C20H28N2OS/c1-13-12-24-18(21-13)17-2-4-22(5-3-17)19(23)20-9-14-6-15(10-20)8-16(7-14)11-20/h12,14-17H,2-11H2,1H3. The quantitative estimate of drug-likeness (QED) is 0.798. The molecule has 1 aromatic rings. The summed E-state index contributed by atoms with van der Waals surface area (Å²) in [5.41, 5.74) is 1.18. The number of carbonyl (C=O) groups is 1. The Hall–Kier alpha value is -0.900. The molecule has 4 heteroatoms. The van der Waals surface area contributed by atoms with Gasteiger partial charge in [0.05, 0.1) is 10.4 Å². The smallest absolute Gasteiger partial charge is 0.228 e. The highest BCUT2D eigenvalue weighted by atomic mass is 32.1. The summed E-state index contributed by atoms with van der Waals surface area (Å²) in [5.74, 6) is 3.67. The van der Waals surface area contributed by atoms with Crippen LogP contribution in [-0.4, -0.2) is 28.9 Å². The lowest BCUT2D eigenvalue weighted by Crippen LogP contribution is -2.55. The molecule has 3 nitrogen and oxygen atoms in total. The highest BCUT2D eigenvalue weighted by Gasteiger charge is 2.55. The number of likely N-dealkylation sites (tertiary alicyclic amines) is 1. The van der Waals surface area contributed by atoms with Gasteiger partial charge in [-0.15, -0.1) is 11.3 Å². The number of amides is 1. The van der Waals surface area contributed by atoms with Crippen molar-refractivity contribution in [1.82, 2.24) is 9.88 Å². The first-order valence-corrected chi connectivity index (χ1v) is 10.7. The second-order valence-electron chi connectivity index (χ2n) is 9.09. The van der Waals surface area contributed by atoms with Crippen molar-refractivity contribution < 1.29 is 4.79 Å². The molecule has 24 heavy (non-hydrogen) atoms. The zero-order chi connectivity index (χ0) is 16.3. The Morgan fingerprint density at radius 1 is 1.12 bits per heavy atom. The molecular weight excluding hydrogens is 316 g/mol. The van der Waals surface area contributed by atoms with Gasteiger partial charge >= 0.3 is 0 Å². The van der Waals surface area contributed by atoms with Crippen molar-refractivity contribution in [3.8, 4) is 0 Å². The fourth-order valence-electron chi connectivity index (χ4n) is 6.60. The van der Waals surface area contributed by atoms with E-state index in [1.54, 1.807) is 11.3 Å². The summed E-state index contributed by atoms with van der Waals surface area (Å²) in [6.45, 7) is 3.97. The van der Waals surface area contributed by atoms with Crippen LogP contribution in [0.2, 0.25) is 0 Å². The van der Waals surface area contributed by atoms with Crippen LogP contribution in [0.4, 0.5) is 0 Å². The minimum absolute atomic E-state index is 0.0410. The highest BCUT2D eigenvalue weighted by molar-refractivity contribution is 7.09. The van der Waals surface area contributed by atoms with Crippen molar-refractivity contribution in [2.24, 2.45) is 23.2 Å². The lowest BCUT2D eigenvalue weighted by molar-refractivity contribution is -0.158. The van der Waals surface area contributed by atoms with E-state index in [0.717, 1.165) is 49.4 Å². The molecule has 1 saturated heterocycles. The summed E-state index contributed by atoms with van der Waals surface area (Å²) in [6, 6.07) is 0. The van der Waals surface area contributed by atoms with Gasteiger partial charge in [0.2, 0.25) is 5.91 Å². The fraction of sp³-hybridized carbons (Fsp3) is 0.800. The molecule has 6 rings (SSSR count). The summed E-state index contributed by atoms with van der Waals surface area (Å²) >= 11 is 1.80. The van der Waals surface area contributed by atoms with E-state index in [2.05, 4.69) is 22.2 Å². The van der Waals surface area contributed by atoms with E-state index in [0.29, 0.717) is 11.8 Å². The van der Waals surface area contributed by atoms with Gasteiger partial charge in [0.15, 0.2) is 0 Å². The molecule has 5 aliphatic rings. The van der Waals surface area contributed by atoms with E-state index in [4.69, 9.17) is 0 Å². The summed E-state index contributed by atoms with van der Waals surface area (Å²) in [7, 11) is 0. The average Bonchev–Trinajstić information content (AvgIpc) is 3.00. The molecule has 2 heterocycles. The fourth-order valence-corrected chi connectivity index (χ4v) is 7.57. The Morgan fingerprint density at radius 2 is 1.71 bits per heavy atom. The van der Waals surface area contributed by atoms with E-state index in [1.165, 1.54) is 43.5 Å². The Labute approximate surface area is 148 Å². The molecule has 4 bridgehead atoms. The molecule has 4 saturated carbocycles. The number of aromatic nitrogens is 1. The molecule has 0 atom stereocenters. The monoisotopic (exact) mass is 344 g/mol. The summed E-state index contributed by atoms with van der Waals surface area (Å²) < 4.78 is 0. The largest absolute Gasteiger partial charge is 0.342 e. The zero-order valence-corrected chi connectivity index (χ0v) is 15.5. The Kier molecular flexibility index (Phi) is 3.55. The molecule has 4 aliphatic carbocycles. The van der Waals surface area contributed by atoms with E-state index in [-0.39, 0.29) is 5.41 Å². The van der Waals surface area contributed by atoms with Crippen LogP contribution in [0, 0.1) is 30.1 Å². The van der Waals surface area contributed by atoms with Gasteiger partial charge in [-0.25, -0.2) is 4.98 Å². The molecular formula is C20H28N2OS. The second-order valence-corrected chi connectivity index (χ2v) is 9.98. The number of nitrogens with zero attached hydrogens (tertiary/aromatic N) is 2. The van der Waals surface area contributed by atoms with Crippen LogP contribution >= 0.6 is 11.3 Å². The molecule has 0 radical (unpaired) electrons. The molecule has 0 aromatic carbocycles. The SMILES string of the molecule is Cc1csc(C2CCN(C(=O)C34CC5CC(CC(C5)C3)C4)CC2)n1. The third kappa shape index (κ3) is 2.44. The van der Waals surface area contributed by atoms with Crippen molar-refractivity contribution in [1.29, 1.82) is 0 Å². The number of aryl methyl sites for hydroxylation is 1. The maximum atomic E-state index is 13.4. The van der Waals surface area contributed by atoms with E-state index in [9.17, 15) is 4.79 Å². The number of thiazole rings is 1. The molecule has 5 fully saturated rings. The van der Waals surface area contributed by atoms with Gasteiger partial charge in [-0.1, -0.05) is 0 Å². The number of hydrogen-bond acceptors (Lipinski definition) is 3. The van der Waals surface area contributed by atoms with E-state index < -0.39 is 0 Å². The molecule has 1 aromatic heterocycles. The van der Waals surface area contributed by atoms with Gasteiger partial charge in [-0.2, -0.15) is 0 Å². The van der Waals surface area contributed by atoms with Gasteiger partial charge in [0.25, 0.3) is 0 Å². The van der Waals surface area contributed by atoms with Gasteiger partial charge in [-0.3, -0.25) is 4.79 Å². The third-order valence-corrected chi connectivity index (χ3v) is 8.39. The van der Waals surface area contributed by atoms with Gasteiger partial charge in [0, 0.05) is 30.1 Å².